The van der Waals surface area contributed by atoms with Gasteiger partial charge in [0, 0.05) is 18.3 Å². The standard InChI is InChI=1S/C6H9N3O/c7-4-5-2-1-3-9(10)6(5)8/h1-3,8,10H,4,7H2. The third-order valence-electron chi connectivity index (χ3n) is 1.28. The van der Waals surface area contributed by atoms with E-state index in [1.165, 1.54) is 6.20 Å². The van der Waals surface area contributed by atoms with Crippen LogP contribution in [-0.4, -0.2) is 9.94 Å². The van der Waals surface area contributed by atoms with E-state index in [0.29, 0.717) is 5.56 Å². The van der Waals surface area contributed by atoms with E-state index in [0.717, 1.165) is 4.73 Å². The number of aromatic nitrogens is 1. The Balaban J connectivity index is 3.28. The summed E-state index contributed by atoms with van der Waals surface area (Å²) in [6.45, 7) is 0.278. The molecule has 1 aromatic rings. The van der Waals surface area contributed by atoms with Gasteiger partial charge in [0.1, 0.15) is 0 Å². The SMILES string of the molecule is N=c1c(CN)cccn1O. The quantitative estimate of drug-likeness (QED) is 0.466. The van der Waals surface area contributed by atoms with Gasteiger partial charge in [-0.2, -0.15) is 4.73 Å². The second-order valence-electron chi connectivity index (χ2n) is 1.93. The number of nitrogens with zero attached hydrogens (tertiary/aromatic N) is 1. The lowest BCUT2D eigenvalue weighted by molar-refractivity contribution is 0.169. The molecule has 0 radical (unpaired) electrons. The highest BCUT2D eigenvalue weighted by Crippen LogP contribution is 1.86. The van der Waals surface area contributed by atoms with Gasteiger partial charge in [-0.3, -0.25) is 5.41 Å². The van der Waals surface area contributed by atoms with E-state index in [-0.39, 0.29) is 12.0 Å². The van der Waals surface area contributed by atoms with Crippen molar-refractivity contribution >= 4 is 0 Å². The van der Waals surface area contributed by atoms with Crippen LogP contribution in [0.25, 0.3) is 0 Å². The fraction of sp³-hybridized carbons (Fsp3) is 0.167. The molecule has 10 heavy (non-hydrogen) atoms. The summed E-state index contributed by atoms with van der Waals surface area (Å²) in [6, 6.07) is 3.34. The zero-order valence-corrected chi connectivity index (χ0v) is 5.41. The van der Waals surface area contributed by atoms with Crippen molar-refractivity contribution < 1.29 is 5.21 Å². The Kier molecular flexibility index (Phi) is 1.73. The monoisotopic (exact) mass is 139 g/mol. The van der Waals surface area contributed by atoms with Crippen LogP contribution < -0.4 is 11.2 Å². The molecule has 0 aliphatic rings. The lowest BCUT2D eigenvalue weighted by Crippen LogP contribution is -2.22. The van der Waals surface area contributed by atoms with Crippen molar-refractivity contribution in [1.82, 2.24) is 4.73 Å². The van der Waals surface area contributed by atoms with Crippen molar-refractivity contribution in [3.05, 3.63) is 29.4 Å². The summed E-state index contributed by atoms with van der Waals surface area (Å²) in [5.41, 5.74) is 5.95. The Morgan fingerprint density at radius 2 is 2.40 bits per heavy atom. The van der Waals surface area contributed by atoms with Crippen molar-refractivity contribution in [1.29, 1.82) is 5.41 Å². The number of nitrogens with one attached hydrogen (secondary N) is 1. The summed E-state index contributed by atoms with van der Waals surface area (Å²) in [5, 5.41) is 16.1. The highest BCUT2D eigenvalue weighted by molar-refractivity contribution is 5.06. The van der Waals surface area contributed by atoms with E-state index in [9.17, 15) is 0 Å². The van der Waals surface area contributed by atoms with Crippen LogP contribution in [0.5, 0.6) is 0 Å². The van der Waals surface area contributed by atoms with Crippen molar-refractivity contribution in [2.45, 2.75) is 6.54 Å². The predicted molar refractivity (Wildman–Crippen MR) is 35.4 cm³/mol. The van der Waals surface area contributed by atoms with E-state index in [1.54, 1.807) is 12.1 Å². The first-order valence-electron chi connectivity index (χ1n) is 2.90. The minimum Gasteiger partial charge on any atom is -0.427 e. The smallest absolute Gasteiger partial charge is 0.165 e. The normalized spacial score (nSPS) is 9.70. The van der Waals surface area contributed by atoms with Gasteiger partial charge in [0.15, 0.2) is 5.49 Å². The topological polar surface area (TPSA) is 75.0 Å². The molecule has 0 atom stereocenters. The molecular weight excluding hydrogens is 130 g/mol. The number of pyridine rings is 1. The summed E-state index contributed by atoms with van der Waals surface area (Å²) in [6.07, 6.45) is 1.39. The number of hydrogen-bond acceptors (Lipinski definition) is 3. The van der Waals surface area contributed by atoms with Crippen molar-refractivity contribution in [3.63, 3.8) is 0 Å². The molecule has 1 rings (SSSR count). The molecule has 1 aromatic heterocycles. The van der Waals surface area contributed by atoms with E-state index < -0.39 is 0 Å². The largest absolute Gasteiger partial charge is 0.427 e. The van der Waals surface area contributed by atoms with Gasteiger partial charge in [-0.1, -0.05) is 6.07 Å². The van der Waals surface area contributed by atoms with Crippen molar-refractivity contribution in [2.24, 2.45) is 5.73 Å². The molecule has 0 aromatic carbocycles. The molecule has 4 nitrogen and oxygen atoms in total. The average Bonchev–Trinajstić information content (AvgIpc) is 1.95. The van der Waals surface area contributed by atoms with Gasteiger partial charge in [0.05, 0.1) is 0 Å². The first-order valence-corrected chi connectivity index (χ1v) is 2.90. The number of nitrogens with two attached hydrogens (primary N) is 1. The maximum absolute atomic E-state index is 8.90. The Hall–Kier alpha value is -1.29. The first kappa shape index (κ1) is 6.82. The Morgan fingerprint density at radius 3 is 2.90 bits per heavy atom. The fourth-order valence-electron chi connectivity index (χ4n) is 0.706. The predicted octanol–water partition coefficient (Wildman–Crippen LogP) is -0.336. The zero-order valence-electron chi connectivity index (χ0n) is 5.41. The minimum absolute atomic E-state index is 0.0463. The van der Waals surface area contributed by atoms with Gasteiger partial charge >= 0.3 is 0 Å². The summed E-state index contributed by atoms with van der Waals surface area (Å²) in [4.78, 5) is 0. The molecule has 4 heteroatoms. The van der Waals surface area contributed by atoms with Gasteiger partial charge < -0.3 is 10.9 Å². The van der Waals surface area contributed by atoms with E-state index in [2.05, 4.69) is 0 Å². The molecule has 0 aliphatic carbocycles. The lowest BCUT2D eigenvalue weighted by atomic mass is 10.3. The maximum Gasteiger partial charge on any atom is 0.165 e. The molecule has 0 amide bonds. The van der Waals surface area contributed by atoms with Gasteiger partial charge in [-0.15, -0.1) is 0 Å². The second-order valence-corrected chi connectivity index (χ2v) is 1.93. The van der Waals surface area contributed by atoms with Gasteiger partial charge in [0.25, 0.3) is 0 Å². The third kappa shape index (κ3) is 1.01. The molecule has 0 saturated heterocycles. The van der Waals surface area contributed by atoms with Crippen LogP contribution in [0.2, 0.25) is 0 Å². The lowest BCUT2D eigenvalue weighted by Gasteiger charge is -1.99. The van der Waals surface area contributed by atoms with Crippen LogP contribution in [0.1, 0.15) is 5.56 Å². The molecular formula is C6H9N3O. The molecule has 1 heterocycles. The molecule has 0 spiro atoms. The molecule has 54 valence electrons. The summed E-state index contributed by atoms with van der Waals surface area (Å²) in [5.74, 6) is 0. The first-order chi connectivity index (χ1) is 4.75. The number of rotatable bonds is 1. The van der Waals surface area contributed by atoms with Crippen molar-refractivity contribution in [2.75, 3.05) is 0 Å². The van der Waals surface area contributed by atoms with E-state index in [4.69, 9.17) is 16.4 Å². The van der Waals surface area contributed by atoms with E-state index in [1.807, 2.05) is 0 Å². The van der Waals surface area contributed by atoms with Gasteiger partial charge in [0.2, 0.25) is 0 Å². The van der Waals surface area contributed by atoms with Gasteiger partial charge in [-0.05, 0) is 6.07 Å². The van der Waals surface area contributed by atoms with Crippen LogP contribution >= 0.6 is 0 Å². The average molecular weight is 139 g/mol. The molecule has 0 saturated carbocycles. The number of hydrogen-bond donors (Lipinski definition) is 3. The van der Waals surface area contributed by atoms with Crippen molar-refractivity contribution in [3.8, 4) is 0 Å². The minimum atomic E-state index is 0.0463. The van der Waals surface area contributed by atoms with Crippen LogP contribution in [0.15, 0.2) is 18.3 Å². The van der Waals surface area contributed by atoms with Crippen LogP contribution in [0.4, 0.5) is 0 Å². The van der Waals surface area contributed by atoms with Crippen LogP contribution in [0.3, 0.4) is 0 Å². The van der Waals surface area contributed by atoms with Crippen LogP contribution in [-0.2, 0) is 6.54 Å². The zero-order chi connectivity index (χ0) is 7.56. The highest BCUT2D eigenvalue weighted by atomic mass is 16.5. The maximum atomic E-state index is 8.90. The summed E-state index contributed by atoms with van der Waals surface area (Å²) >= 11 is 0. The highest BCUT2D eigenvalue weighted by Gasteiger charge is 1.93. The van der Waals surface area contributed by atoms with Gasteiger partial charge in [-0.25, -0.2) is 0 Å². The third-order valence-corrected chi connectivity index (χ3v) is 1.28. The molecule has 0 unspecified atom stereocenters. The second kappa shape index (κ2) is 2.53. The Morgan fingerprint density at radius 1 is 1.70 bits per heavy atom. The molecule has 0 bridgehead atoms. The summed E-state index contributed by atoms with van der Waals surface area (Å²) < 4.78 is 0.738. The molecule has 0 aliphatic heterocycles. The fourth-order valence-corrected chi connectivity index (χ4v) is 0.706. The molecule has 4 N–H and O–H groups in total. The Bertz CT molecular complexity index is 279. The van der Waals surface area contributed by atoms with E-state index >= 15 is 0 Å². The summed E-state index contributed by atoms with van der Waals surface area (Å²) in [7, 11) is 0. The molecule has 0 fully saturated rings. The van der Waals surface area contributed by atoms with Crippen LogP contribution in [0, 0.1) is 5.41 Å². The Labute approximate surface area is 58.0 Å².